The van der Waals surface area contributed by atoms with Crippen LogP contribution >= 0.6 is 0 Å². The van der Waals surface area contributed by atoms with Crippen LogP contribution in [0.1, 0.15) is 46.5 Å². The predicted molar refractivity (Wildman–Crippen MR) is 68.5 cm³/mol. The molecule has 0 N–H and O–H groups in total. The van der Waals surface area contributed by atoms with Crippen molar-refractivity contribution in [3.05, 3.63) is 0 Å². The first-order valence-corrected chi connectivity index (χ1v) is 6.34. The van der Waals surface area contributed by atoms with E-state index in [-0.39, 0.29) is 12.0 Å². The fraction of sp³-hybridized carbons (Fsp3) is 0.786. The van der Waals surface area contributed by atoms with Crippen molar-refractivity contribution in [3.63, 3.8) is 0 Å². The van der Waals surface area contributed by atoms with E-state index in [0.717, 1.165) is 38.8 Å². The Labute approximate surface area is 105 Å². The normalized spacial score (nSPS) is 21.2. The molecule has 0 aliphatic carbocycles. The summed E-state index contributed by atoms with van der Waals surface area (Å²) in [4.78, 5) is 14.2. The van der Waals surface area contributed by atoms with Gasteiger partial charge < -0.3 is 4.74 Å². The highest BCUT2D eigenvalue weighted by Crippen LogP contribution is 2.21. The molecular weight excluding hydrogens is 214 g/mol. The molecule has 1 rings (SSSR count). The SMILES string of the molecule is C#CCCCN1CCC[C@H]1C(=O)OC(C)(C)C. The van der Waals surface area contributed by atoms with E-state index in [4.69, 9.17) is 11.2 Å². The molecule has 1 aliphatic heterocycles. The number of rotatable bonds is 4. The van der Waals surface area contributed by atoms with Crippen LogP contribution in [0.5, 0.6) is 0 Å². The lowest BCUT2D eigenvalue weighted by Crippen LogP contribution is -2.40. The van der Waals surface area contributed by atoms with Crippen molar-refractivity contribution >= 4 is 5.97 Å². The summed E-state index contributed by atoms with van der Waals surface area (Å²) >= 11 is 0. The maximum absolute atomic E-state index is 12.0. The lowest BCUT2D eigenvalue weighted by molar-refractivity contribution is -0.160. The van der Waals surface area contributed by atoms with Gasteiger partial charge in [-0.1, -0.05) is 0 Å². The van der Waals surface area contributed by atoms with Gasteiger partial charge in [0.05, 0.1) is 0 Å². The third-order valence-electron chi connectivity index (χ3n) is 2.81. The summed E-state index contributed by atoms with van der Waals surface area (Å²) in [6, 6.07) is -0.0630. The molecule has 0 saturated carbocycles. The van der Waals surface area contributed by atoms with Crippen LogP contribution in [0.3, 0.4) is 0 Å². The molecule has 0 spiro atoms. The van der Waals surface area contributed by atoms with Crippen molar-refractivity contribution in [3.8, 4) is 12.3 Å². The minimum Gasteiger partial charge on any atom is -0.459 e. The van der Waals surface area contributed by atoms with Crippen molar-refractivity contribution in [2.45, 2.75) is 58.1 Å². The Morgan fingerprint density at radius 3 is 2.82 bits per heavy atom. The predicted octanol–water partition coefficient (Wildman–Crippen LogP) is 2.21. The van der Waals surface area contributed by atoms with Gasteiger partial charge in [0.25, 0.3) is 0 Å². The molecule has 0 aromatic heterocycles. The Bertz CT molecular complexity index is 298. The van der Waals surface area contributed by atoms with E-state index in [2.05, 4.69) is 10.8 Å². The van der Waals surface area contributed by atoms with Gasteiger partial charge in [-0.05, 0) is 53.1 Å². The molecule has 1 heterocycles. The molecule has 0 radical (unpaired) electrons. The van der Waals surface area contributed by atoms with E-state index < -0.39 is 5.60 Å². The number of carbonyl (C=O) groups excluding carboxylic acids is 1. The molecule has 1 saturated heterocycles. The molecular formula is C14H23NO2. The molecule has 3 heteroatoms. The van der Waals surface area contributed by atoms with E-state index in [1.165, 1.54) is 0 Å². The van der Waals surface area contributed by atoms with Crippen LogP contribution in [0.25, 0.3) is 0 Å². The Hall–Kier alpha value is -1.01. The molecule has 0 bridgehead atoms. The third kappa shape index (κ3) is 4.79. The van der Waals surface area contributed by atoms with Gasteiger partial charge in [0, 0.05) is 6.42 Å². The van der Waals surface area contributed by atoms with Crippen LogP contribution in [0.4, 0.5) is 0 Å². The topological polar surface area (TPSA) is 29.5 Å². The maximum atomic E-state index is 12.0. The van der Waals surface area contributed by atoms with Crippen molar-refractivity contribution in [1.29, 1.82) is 0 Å². The first-order chi connectivity index (χ1) is 7.94. The number of hydrogen-bond donors (Lipinski definition) is 0. The van der Waals surface area contributed by atoms with Gasteiger partial charge >= 0.3 is 5.97 Å². The number of nitrogens with zero attached hydrogens (tertiary/aromatic N) is 1. The third-order valence-corrected chi connectivity index (χ3v) is 2.81. The molecule has 1 atom stereocenters. The second-order valence-electron chi connectivity index (χ2n) is 5.54. The van der Waals surface area contributed by atoms with Gasteiger partial charge in [-0.25, -0.2) is 0 Å². The van der Waals surface area contributed by atoms with Gasteiger partial charge in [0.1, 0.15) is 11.6 Å². The Morgan fingerprint density at radius 2 is 2.24 bits per heavy atom. The number of ether oxygens (including phenoxy) is 1. The minimum absolute atomic E-state index is 0.0630. The zero-order valence-electron chi connectivity index (χ0n) is 11.2. The van der Waals surface area contributed by atoms with E-state index in [1.54, 1.807) is 0 Å². The summed E-state index contributed by atoms with van der Waals surface area (Å²) in [5, 5.41) is 0. The zero-order valence-corrected chi connectivity index (χ0v) is 11.2. The van der Waals surface area contributed by atoms with Gasteiger partial charge in [-0.3, -0.25) is 9.69 Å². The average Bonchev–Trinajstić information content (AvgIpc) is 2.64. The zero-order chi connectivity index (χ0) is 12.9. The summed E-state index contributed by atoms with van der Waals surface area (Å²) in [5.41, 5.74) is -0.399. The average molecular weight is 237 g/mol. The highest BCUT2D eigenvalue weighted by molar-refractivity contribution is 5.76. The van der Waals surface area contributed by atoms with Gasteiger partial charge in [-0.15, -0.1) is 12.3 Å². The van der Waals surface area contributed by atoms with E-state index >= 15 is 0 Å². The molecule has 3 nitrogen and oxygen atoms in total. The molecule has 0 amide bonds. The molecule has 0 aromatic rings. The first-order valence-electron chi connectivity index (χ1n) is 6.34. The highest BCUT2D eigenvalue weighted by atomic mass is 16.6. The second-order valence-corrected chi connectivity index (χ2v) is 5.54. The van der Waals surface area contributed by atoms with Crippen LogP contribution in [0, 0.1) is 12.3 Å². The van der Waals surface area contributed by atoms with E-state index in [0.29, 0.717) is 0 Å². The lowest BCUT2D eigenvalue weighted by Gasteiger charge is -2.27. The molecule has 1 aliphatic rings. The number of carbonyl (C=O) groups is 1. The molecule has 1 fully saturated rings. The highest BCUT2D eigenvalue weighted by Gasteiger charge is 2.33. The van der Waals surface area contributed by atoms with Crippen LogP contribution in [0.15, 0.2) is 0 Å². The van der Waals surface area contributed by atoms with Gasteiger partial charge in [-0.2, -0.15) is 0 Å². The van der Waals surface area contributed by atoms with Gasteiger partial charge in [0.2, 0.25) is 0 Å². The summed E-state index contributed by atoms with van der Waals surface area (Å²) in [6.45, 7) is 7.59. The van der Waals surface area contributed by atoms with Crippen LogP contribution in [0.2, 0.25) is 0 Å². The van der Waals surface area contributed by atoms with Crippen LogP contribution in [-0.4, -0.2) is 35.6 Å². The number of likely N-dealkylation sites (tertiary alicyclic amines) is 1. The van der Waals surface area contributed by atoms with Gasteiger partial charge in [0.15, 0.2) is 0 Å². The fourth-order valence-corrected chi connectivity index (χ4v) is 2.11. The first kappa shape index (κ1) is 14.1. The molecule has 96 valence electrons. The number of esters is 1. The molecule has 17 heavy (non-hydrogen) atoms. The fourth-order valence-electron chi connectivity index (χ4n) is 2.11. The maximum Gasteiger partial charge on any atom is 0.323 e. The lowest BCUT2D eigenvalue weighted by atomic mass is 10.1. The Kier molecular flexibility index (Phi) is 5.02. The van der Waals surface area contributed by atoms with Crippen molar-refractivity contribution in [2.75, 3.05) is 13.1 Å². The molecule has 0 unspecified atom stereocenters. The standard InChI is InChI=1S/C14H23NO2/c1-5-6-7-10-15-11-8-9-12(15)13(16)17-14(2,3)4/h1,12H,6-11H2,2-4H3/t12-/m0/s1. The summed E-state index contributed by atoms with van der Waals surface area (Å²) in [6.07, 6.45) is 8.94. The summed E-state index contributed by atoms with van der Waals surface area (Å²) in [7, 11) is 0. The van der Waals surface area contributed by atoms with Crippen molar-refractivity contribution < 1.29 is 9.53 Å². The minimum atomic E-state index is -0.399. The summed E-state index contributed by atoms with van der Waals surface area (Å²) in [5.74, 6) is 2.54. The number of hydrogen-bond acceptors (Lipinski definition) is 3. The van der Waals surface area contributed by atoms with Crippen LogP contribution in [-0.2, 0) is 9.53 Å². The number of terminal acetylenes is 1. The second kappa shape index (κ2) is 6.07. The quantitative estimate of drug-likeness (QED) is 0.426. The Morgan fingerprint density at radius 1 is 1.53 bits per heavy atom. The van der Waals surface area contributed by atoms with E-state index in [1.807, 2.05) is 20.8 Å². The Balaban J connectivity index is 2.46. The molecule has 0 aromatic carbocycles. The number of unbranched alkanes of at least 4 members (excludes halogenated alkanes) is 1. The smallest absolute Gasteiger partial charge is 0.323 e. The summed E-state index contributed by atoms with van der Waals surface area (Å²) < 4.78 is 5.44. The monoisotopic (exact) mass is 237 g/mol. The van der Waals surface area contributed by atoms with E-state index in [9.17, 15) is 4.79 Å². The largest absolute Gasteiger partial charge is 0.459 e. The van der Waals surface area contributed by atoms with Crippen molar-refractivity contribution in [1.82, 2.24) is 4.90 Å². The van der Waals surface area contributed by atoms with Crippen LogP contribution < -0.4 is 0 Å². The van der Waals surface area contributed by atoms with Crippen molar-refractivity contribution in [2.24, 2.45) is 0 Å².